The van der Waals surface area contributed by atoms with Crippen molar-refractivity contribution >= 4 is 0 Å². The fraction of sp³-hybridized carbons (Fsp3) is 0.571. The lowest BCUT2D eigenvalue weighted by Crippen LogP contribution is -2.55. The van der Waals surface area contributed by atoms with Crippen LogP contribution in [0.25, 0.3) is 0 Å². The van der Waals surface area contributed by atoms with Crippen LogP contribution >= 0.6 is 0 Å². The molecule has 0 saturated heterocycles. The Kier molecular flexibility index (Phi) is 2.59. The summed E-state index contributed by atoms with van der Waals surface area (Å²) in [5.74, 6) is 0. The van der Waals surface area contributed by atoms with E-state index in [1.54, 1.807) is 0 Å². The molecule has 1 aromatic rings. The summed E-state index contributed by atoms with van der Waals surface area (Å²) in [6.45, 7) is 6.67. The first-order chi connectivity index (χ1) is 7.31. The van der Waals surface area contributed by atoms with Crippen LogP contribution in [0.2, 0.25) is 0 Å². The maximum Gasteiger partial charge on any atom is 0.0439 e. The van der Waals surface area contributed by atoms with Gasteiger partial charge in [-0.3, -0.25) is 0 Å². The lowest BCUT2D eigenvalue weighted by atomic mass is 9.69. The summed E-state index contributed by atoms with van der Waals surface area (Å²) < 4.78 is 0. The van der Waals surface area contributed by atoms with Crippen LogP contribution in [-0.2, 0) is 11.0 Å². The van der Waals surface area contributed by atoms with Crippen LogP contribution in [0.15, 0.2) is 24.3 Å². The van der Waals surface area contributed by atoms with Gasteiger partial charge in [0.2, 0.25) is 0 Å². The van der Waals surface area contributed by atoms with E-state index in [1.165, 1.54) is 11.1 Å². The molecular formula is C14H22N2. The van der Waals surface area contributed by atoms with Gasteiger partial charge in [-0.1, -0.05) is 45.0 Å². The Morgan fingerprint density at radius 1 is 1.12 bits per heavy atom. The van der Waals surface area contributed by atoms with E-state index in [4.69, 9.17) is 11.5 Å². The van der Waals surface area contributed by atoms with E-state index in [9.17, 15) is 0 Å². The number of hydrogen-bond donors (Lipinski definition) is 2. The summed E-state index contributed by atoms with van der Waals surface area (Å²) >= 11 is 0. The highest BCUT2D eigenvalue weighted by molar-refractivity contribution is 5.33. The molecule has 0 bridgehead atoms. The standard InChI is InChI=1S/C14H22N2/c1-13(2,3)10-4-6-11(7-5-10)14(16)8-12(15)9-14/h4-7,12H,8-9,15-16H2,1-3H3. The zero-order valence-electron chi connectivity index (χ0n) is 10.5. The first kappa shape index (κ1) is 11.6. The predicted molar refractivity (Wildman–Crippen MR) is 68.2 cm³/mol. The summed E-state index contributed by atoms with van der Waals surface area (Å²) in [6, 6.07) is 8.98. The Morgan fingerprint density at radius 3 is 2.00 bits per heavy atom. The Bertz CT molecular complexity index is 367. The van der Waals surface area contributed by atoms with E-state index >= 15 is 0 Å². The number of rotatable bonds is 1. The summed E-state index contributed by atoms with van der Waals surface area (Å²) in [5, 5.41) is 0. The van der Waals surface area contributed by atoms with Crippen molar-refractivity contribution in [2.75, 3.05) is 0 Å². The molecular weight excluding hydrogens is 196 g/mol. The molecule has 0 amide bonds. The van der Waals surface area contributed by atoms with Crippen molar-refractivity contribution in [3.8, 4) is 0 Å². The average Bonchev–Trinajstić information content (AvgIpc) is 2.14. The second-order valence-corrected chi connectivity index (χ2v) is 6.15. The van der Waals surface area contributed by atoms with Crippen LogP contribution in [0.3, 0.4) is 0 Å². The van der Waals surface area contributed by atoms with Crippen LogP contribution in [0.4, 0.5) is 0 Å². The predicted octanol–water partition coefficient (Wildman–Crippen LogP) is 2.26. The lowest BCUT2D eigenvalue weighted by molar-refractivity contribution is 0.211. The number of nitrogens with two attached hydrogens (primary N) is 2. The Labute approximate surface area is 98.0 Å². The first-order valence-corrected chi connectivity index (χ1v) is 5.97. The zero-order chi connectivity index (χ0) is 12.0. The average molecular weight is 218 g/mol. The van der Waals surface area contributed by atoms with Crippen molar-refractivity contribution in [2.45, 2.75) is 50.6 Å². The fourth-order valence-corrected chi connectivity index (χ4v) is 2.41. The molecule has 2 heteroatoms. The van der Waals surface area contributed by atoms with Gasteiger partial charge in [0, 0.05) is 11.6 Å². The van der Waals surface area contributed by atoms with Gasteiger partial charge < -0.3 is 11.5 Å². The molecule has 4 N–H and O–H groups in total. The van der Waals surface area contributed by atoms with Crippen LogP contribution in [0.1, 0.15) is 44.7 Å². The third kappa shape index (κ3) is 2.00. The molecule has 1 saturated carbocycles. The second-order valence-electron chi connectivity index (χ2n) is 6.15. The molecule has 2 nitrogen and oxygen atoms in total. The Balaban J connectivity index is 2.20. The van der Waals surface area contributed by atoms with Crippen molar-refractivity contribution in [3.63, 3.8) is 0 Å². The minimum Gasteiger partial charge on any atom is -0.328 e. The minimum absolute atomic E-state index is 0.171. The van der Waals surface area contributed by atoms with Crippen LogP contribution in [-0.4, -0.2) is 6.04 Å². The molecule has 0 atom stereocenters. The van der Waals surface area contributed by atoms with Crippen LogP contribution in [0, 0.1) is 0 Å². The highest BCUT2D eigenvalue weighted by Crippen LogP contribution is 2.38. The molecule has 0 heterocycles. The Morgan fingerprint density at radius 2 is 1.62 bits per heavy atom. The summed E-state index contributed by atoms with van der Waals surface area (Å²) in [4.78, 5) is 0. The summed E-state index contributed by atoms with van der Waals surface area (Å²) in [5.41, 5.74) is 14.7. The highest BCUT2D eigenvalue weighted by Gasteiger charge is 2.40. The van der Waals surface area contributed by atoms with Gasteiger partial charge >= 0.3 is 0 Å². The van der Waals surface area contributed by atoms with Crippen molar-refractivity contribution in [2.24, 2.45) is 11.5 Å². The molecule has 0 aromatic heterocycles. The van der Waals surface area contributed by atoms with E-state index in [0.717, 1.165) is 12.8 Å². The fourth-order valence-electron chi connectivity index (χ4n) is 2.41. The van der Waals surface area contributed by atoms with Gasteiger partial charge in [-0.05, 0) is 29.4 Å². The molecule has 0 spiro atoms. The lowest BCUT2D eigenvalue weighted by Gasteiger charge is -2.43. The largest absolute Gasteiger partial charge is 0.328 e. The van der Waals surface area contributed by atoms with Crippen molar-refractivity contribution in [1.82, 2.24) is 0 Å². The van der Waals surface area contributed by atoms with Crippen LogP contribution < -0.4 is 11.5 Å². The SMILES string of the molecule is CC(C)(C)c1ccc(C2(N)CC(N)C2)cc1. The highest BCUT2D eigenvalue weighted by atomic mass is 14.9. The number of hydrogen-bond acceptors (Lipinski definition) is 2. The Hall–Kier alpha value is -0.860. The molecule has 88 valence electrons. The molecule has 1 aliphatic carbocycles. The molecule has 1 aliphatic rings. The number of benzene rings is 1. The molecule has 2 rings (SSSR count). The van der Waals surface area contributed by atoms with Crippen molar-refractivity contribution < 1.29 is 0 Å². The quantitative estimate of drug-likeness (QED) is 0.759. The maximum atomic E-state index is 6.29. The summed E-state index contributed by atoms with van der Waals surface area (Å²) in [6.07, 6.45) is 1.81. The smallest absolute Gasteiger partial charge is 0.0439 e. The van der Waals surface area contributed by atoms with Gasteiger partial charge in [0.05, 0.1) is 0 Å². The van der Waals surface area contributed by atoms with Gasteiger partial charge in [0.25, 0.3) is 0 Å². The molecule has 0 aliphatic heterocycles. The molecule has 1 aromatic carbocycles. The monoisotopic (exact) mass is 218 g/mol. The third-order valence-electron chi connectivity index (χ3n) is 3.58. The van der Waals surface area contributed by atoms with Crippen molar-refractivity contribution in [3.05, 3.63) is 35.4 Å². The third-order valence-corrected chi connectivity index (χ3v) is 3.58. The van der Waals surface area contributed by atoms with E-state index in [-0.39, 0.29) is 17.0 Å². The molecule has 0 unspecified atom stereocenters. The van der Waals surface area contributed by atoms with Crippen LogP contribution in [0.5, 0.6) is 0 Å². The maximum absolute atomic E-state index is 6.29. The van der Waals surface area contributed by atoms with E-state index < -0.39 is 0 Å². The summed E-state index contributed by atoms with van der Waals surface area (Å²) in [7, 11) is 0. The van der Waals surface area contributed by atoms with E-state index in [0.29, 0.717) is 0 Å². The molecule has 1 fully saturated rings. The molecule has 0 radical (unpaired) electrons. The van der Waals surface area contributed by atoms with Gasteiger partial charge in [-0.15, -0.1) is 0 Å². The van der Waals surface area contributed by atoms with Crippen molar-refractivity contribution in [1.29, 1.82) is 0 Å². The van der Waals surface area contributed by atoms with E-state index in [1.807, 2.05) is 0 Å². The molecule has 16 heavy (non-hydrogen) atoms. The van der Waals surface area contributed by atoms with Gasteiger partial charge in [0.1, 0.15) is 0 Å². The topological polar surface area (TPSA) is 52.0 Å². The first-order valence-electron chi connectivity index (χ1n) is 5.97. The van der Waals surface area contributed by atoms with Gasteiger partial charge in [0.15, 0.2) is 0 Å². The second kappa shape index (κ2) is 3.57. The normalized spacial score (nSPS) is 29.9. The van der Waals surface area contributed by atoms with E-state index in [2.05, 4.69) is 45.0 Å². The van der Waals surface area contributed by atoms with Gasteiger partial charge in [-0.2, -0.15) is 0 Å². The minimum atomic E-state index is -0.171. The van der Waals surface area contributed by atoms with Gasteiger partial charge in [-0.25, -0.2) is 0 Å². The zero-order valence-corrected chi connectivity index (χ0v) is 10.5.